The van der Waals surface area contributed by atoms with Crippen molar-refractivity contribution < 1.29 is 32.9 Å². The molecule has 232 valence electrons. The molecule has 2 fully saturated rings. The van der Waals surface area contributed by atoms with Crippen molar-refractivity contribution in [1.29, 1.82) is 0 Å². The molecule has 10 nitrogen and oxygen atoms in total. The fourth-order valence-electron chi connectivity index (χ4n) is 6.40. The van der Waals surface area contributed by atoms with Gasteiger partial charge >= 0.3 is 6.16 Å². The smallest absolute Gasteiger partial charge is 0.491 e. The minimum Gasteiger partial charge on any atom is -0.491 e. The molecular weight excluding hydrogens is 555 g/mol. The van der Waals surface area contributed by atoms with Gasteiger partial charge in [-0.15, -0.1) is 0 Å². The van der Waals surface area contributed by atoms with Crippen molar-refractivity contribution in [2.24, 2.45) is 0 Å². The second kappa shape index (κ2) is 12.9. The summed E-state index contributed by atoms with van der Waals surface area (Å²) in [6, 6.07) is 7.26. The van der Waals surface area contributed by atoms with Crippen LogP contribution in [0.25, 0.3) is 11.2 Å². The summed E-state index contributed by atoms with van der Waals surface area (Å²) in [5, 5.41) is 0. The van der Waals surface area contributed by atoms with Gasteiger partial charge in [0.15, 0.2) is 5.65 Å². The number of aromatic nitrogens is 3. The van der Waals surface area contributed by atoms with E-state index in [0.29, 0.717) is 47.2 Å². The highest BCUT2D eigenvalue weighted by Crippen LogP contribution is 2.42. The number of likely N-dealkylation sites (tertiary alicyclic amines) is 1. The fraction of sp³-hybridized carbons (Fsp3) is 0.562. The van der Waals surface area contributed by atoms with Crippen LogP contribution < -0.4 is 4.74 Å². The Labute approximate surface area is 251 Å². The van der Waals surface area contributed by atoms with Gasteiger partial charge in [0.25, 0.3) is 5.91 Å². The van der Waals surface area contributed by atoms with E-state index in [4.69, 9.17) is 19.2 Å². The Morgan fingerprint density at radius 1 is 1.12 bits per heavy atom. The Morgan fingerprint density at radius 2 is 1.88 bits per heavy atom. The predicted octanol–water partition coefficient (Wildman–Crippen LogP) is 6.66. The number of halogens is 1. The molecule has 43 heavy (non-hydrogen) atoms. The maximum absolute atomic E-state index is 14.7. The van der Waals surface area contributed by atoms with E-state index in [2.05, 4.69) is 15.8 Å². The van der Waals surface area contributed by atoms with Gasteiger partial charge in [0.2, 0.25) is 6.29 Å². The van der Waals surface area contributed by atoms with Gasteiger partial charge in [-0.25, -0.2) is 19.2 Å². The lowest BCUT2D eigenvalue weighted by Crippen LogP contribution is -2.52. The first-order valence-electron chi connectivity index (χ1n) is 15.1. The highest BCUT2D eigenvalue weighted by atomic mass is 19.1. The minimum atomic E-state index is -0.950. The normalized spacial score (nSPS) is 20.0. The molecule has 2 atom stereocenters. The van der Waals surface area contributed by atoms with E-state index < -0.39 is 23.8 Å². The van der Waals surface area contributed by atoms with Crippen molar-refractivity contribution in [2.45, 2.75) is 103 Å². The molecule has 1 aliphatic carbocycles. The fourth-order valence-corrected chi connectivity index (χ4v) is 6.40. The number of ether oxygens (including phenoxy) is 4. The molecule has 0 N–H and O–H groups in total. The minimum absolute atomic E-state index is 0.0288. The number of benzene rings is 1. The molecule has 1 unspecified atom stereocenters. The van der Waals surface area contributed by atoms with Crippen LogP contribution in [-0.2, 0) is 26.5 Å². The number of piperidine rings is 1. The number of methoxy groups -OCH3 is 1. The second-order valence-electron chi connectivity index (χ2n) is 11.9. The number of carbonyl (C=O) groups is 2. The number of carbonyl (C=O) groups excluding carboxylic acids is 2. The molecule has 1 saturated carbocycles. The molecule has 1 amide bonds. The van der Waals surface area contributed by atoms with E-state index in [1.807, 2.05) is 37.8 Å². The number of hydrogen-bond acceptors (Lipinski definition) is 8. The maximum Gasteiger partial charge on any atom is 0.510 e. The van der Waals surface area contributed by atoms with E-state index in [0.717, 1.165) is 50.3 Å². The largest absolute Gasteiger partial charge is 0.510 e. The number of nitrogens with zero attached hydrogens (tertiary/aromatic N) is 4. The SMILES string of the molecule is COC(=O)OC(C)OCn1c([C@]2(C)CCCCN2C(=O)c2cc(OC(C)C)ccc2C2CCCC2)nc2ncc(F)cc21. The zero-order valence-electron chi connectivity index (χ0n) is 25.6. The summed E-state index contributed by atoms with van der Waals surface area (Å²) in [4.78, 5) is 37.2. The third kappa shape index (κ3) is 6.46. The average Bonchev–Trinajstić information content (AvgIpc) is 3.64. The Bertz CT molecular complexity index is 1470. The zero-order valence-corrected chi connectivity index (χ0v) is 25.6. The predicted molar refractivity (Wildman–Crippen MR) is 157 cm³/mol. The van der Waals surface area contributed by atoms with Crippen LogP contribution in [0.3, 0.4) is 0 Å². The monoisotopic (exact) mass is 596 g/mol. The standard InChI is InChI=1S/C32H41FN4O6/c1-20(2)42-24-12-13-25(22-10-6-7-11-22)26(17-24)29(38)37-15-9-8-14-32(37,4)30-35-28-27(16-23(33)18-34-28)36(30)19-41-21(3)43-31(39)40-5/h12-13,16-18,20-22H,6-11,14-15,19H2,1-5H3/t21?,32-/m0/s1. The van der Waals surface area contributed by atoms with Crippen molar-refractivity contribution in [3.05, 3.63) is 53.2 Å². The second-order valence-corrected chi connectivity index (χ2v) is 11.9. The zero-order chi connectivity index (χ0) is 30.7. The van der Waals surface area contributed by atoms with E-state index >= 15 is 0 Å². The molecule has 3 heterocycles. The molecule has 0 bridgehead atoms. The van der Waals surface area contributed by atoms with Crippen LogP contribution in [0.4, 0.5) is 9.18 Å². The highest BCUT2D eigenvalue weighted by molar-refractivity contribution is 5.97. The summed E-state index contributed by atoms with van der Waals surface area (Å²) in [6.07, 6.45) is 6.02. The van der Waals surface area contributed by atoms with Crippen molar-refractivity contribution in [3.8, 4) is 5.75 Å². The van der Waals surface area contributed by atoms with Gasteiger partial charge in [-0.1, -0.05) is 18.9 Å². The van der Waals surface area contributed by atoms with Crippen molar-refractivity contribution in [1.82, 2.24) is 19.4 Å². The van der Waals surface area contributed by atoms with E-state index in [1.54, 1.807) is 11.5 Å². The Balaban J connectivity index is 1.56. The van der Waals surface area contributed by atoms with E-state index in [9.17, 15) is 14.0 Å². The van der Waals surface area contributed by atoms with Crippen molar-refractivity contribution >= 4 is 23.2 Å². The number of fused-ring (bicyclic) bond motifs is 1. The molecule has 11 heteroatoms. The first-order chi connectivity index (χ1) is 20.6. The molecule has 2 aliphatic rings. The van der Waals surface area contributed by atoms with Crippen LogP contribution in [0.15, 0.2) is 30.5 Å². The molecule has 1 aromatic carbocycles. The van der Waals surface area contributed by atoms with Crippen LogP contribution in [-0.4, -0.2) is 57.5 Å². The van der Waals surface area contributed by atoms with Gasteiger partial charge in [0.1, 0.15) is 24.1 Å². The van der Waals surface area contributed by atoms with Gasteiger partial charge in [-0.2, -0.15) is 0 Å². The summed E-state index contributed by atoms with van der Waals surface area (Å²) in [5.74, 6) is 0.905. The lowest BCUT2D eigenvalue weighted by Gasteiger charge is -2.45. The average molecular weight is 597 g/mol. The van der Waals surface area contributed by atoms with Crippen LogP contribution in [0, 0.1) is 5.82 Å². The van der Waals surface area contributed by atoms with Gasteiger partial charge in [0, 0.05) is 18.2 Å². The van der Waals surface area contributed by atoms with Crippen molar-refractivity contribution in [3.63, 3.8) is 0 Å². The Morgan fingerprint density at radius 3 is 2.60 bits per heavy atom. The quantitative estimate of drug-likeness (QED) is 0.200. The van der Waals surface area contributed by atoms with Gasteiger partial charge in [-0.3, -0.25) is 9.36 Å². The van der Waals surface area contributed by atoms with Gasteiger partial charge in [0.05, 0.1) is 30.5 Å². The van der Waals surface area contributed by atoms with E-state index in [1.165, 1.54) is 13.2 Å². The summed E-state index contributed by atoms with van der Waals surface area (Å²) in [7, 11) is 1.21. The van der Waals surface area contributed by atoms with Gasteiger partial charge in [-0.05, 0) is 83.4 Å². The molecule has 2 aromatic heterocycles. The topological polar surface area (TPSA) is 105 Å². The lowest BCUT2D eigenvalue weighted by atomic mass is 9.85. The molecular formula is C32H41FN4O6. The Kier molecular flexibility index (Phi) is 9.19. The summed E-state index contributed by atoms with van der Waals surface area (Å²) >= 11 is 0. The number of hydrogen-bond donors (Lipinski definition) is 0. The third-order valence-corrected chi connectivity index (χ3v) is 8.48. The molecule has 3 aromatic rings. The first-order valence-corrected chi connectivity index (χ1v) is 15.1. The number of amides is 1. The highest BCUT2D eigenvalue weighted by Gasteiger charge is 2.44. The van der Waals surface area contributed by atoms with E-state index in [-0.39, 0.29) is 18.7 Å². The third-order valence-electron chi connectivity index (χ3n) is 8.48. The summed E-state index contributed by atoms with van der Waals surface area (Å²) in [6.45, 7) is 7.91. The Hall–Kier alpha value is -3.73. The molecule has 5 rings (SSSR count). The van der Waals surface area contributed by atoms with Crippen LogP contribution in [0.5, 0.6) is 5.75 Å². The number of pyridine rings is 1. The number of rotatable bonds is 9. The molecule has 0 radical (unpaired) electrons. The van der Waals surface area contributed by atoms with Crippen molar-refractivity contribution in [2.75, 3.05) is 13.7 Å². The summed E-state index contributed by atoms with van der Waals surface area (Å²) < 4.78 is 37.6. The van der Waals surface area contributed by atoms with Gasteiger partial charge < -0.3 is 23.8 Å². The van der Waals surface area contributed by atoms with Crippen LogP contribution in [0.1, 0.15) is 100 Å². The van der Waals surface area contributed by atoms with Crippen LogP contribution in [0.2, 0.25) is 0 Å². The van der Waals surface area contributed by atoms with Crippen LogP contribution >= 0.6 is 0 Å². The molecule has 1 aliphatic heterocycles. The molecule has 1 saturated heterocycles. The number of imidazole rings is 1. The first kappa shape index (κ1) is 30.7. The lowest BCUT2D eigenvalue weighted by molar-refractivity contribution is -0.130. The molecule has 0 spiro atoms. The summed E-state index contributed by atoms with van der Waals surface area (Å²) in [5.41, 5.74) is 1.60. The maximum atomic E-state index is 14.7.